The average Bonchev–Trinajstić information content (AvgIpc) is 3.09. The molecule has 160 valence electrons. The van der Waals surface area contributed by atoms with Gasteiger partial charge in [0.2, 0.25) is 10.0 Å². The van der Waals surface area contributed by atoms with Crippen LogP contribution in [0.15, 0.2) is 47.4 Å². The molecule has 1 amide bonds. The molecule has 0 unspecified atom stereocenters. The lowest BCUT2D eigenvalue weighted by molar-refractivity contribution is -0.121. The molecule has 30 heavy (non-hydrogen) atoms. The fourth-order valence-corrected chi connectivity index (χ4v) is 3.30. The third-order valence-electron chi connectivity index (χ3n) is 3.85. The summed E-state index contributed by atoms with van der Waals surface area (Å²) in [6, 6.07) is 9.54. The number of sulfonamides is 1. The van der Waals surface area contributed by atoms with Crippen molar-refractivity contribution in [2.24, 2.45) is 0 Å². The van der Waals surface area contributed by atoms with Gasteiger partial charge >= 0.3 is 6.61 Å². The zero-order valence-electron chi connectivity index (χ0n) is 15.8. The number of benzene rings is 2. The van der Waals surface area contributed by atoms with Crippen molar-refractivity contribution < 1.29 is 31.6 Å². The van der Waals surface area contributed by atoms with Gasteiger partial charge < -0.3 is 14.9 Å². The highest BCUT2D eigenvalue weighted by Gasteiger charge is 2.19. The van der Waals surface area contributed by atoms with Gasteiger partial charge in [0.25, 0.3) is 5.91 Å². The summed E-state index contributed by atoms with van der Waals surface area (Å²) in [7, 11) is -0.864. The molecule has 3 rings (SSSR count). The lowest BCUT2D eigenvalue weighted by Gasteiger charge is -2.11. The number of fused-ring (bicyclic) bond motifs is 1. The zero-order valence-corrected chi connectivity index (χ0v) is 16.6. The molecule has 0 aliphatic heterocycles. The quantitative estimate of drug-likeness (QED) is 0.561. The van der Waals surface area contributed by atoms with E-state index in [4.69, 9.17) is 4.84 Å². The predicted molar refractivity (Wildman–Crippen MR) is 102 cm³/mol. The Labute approximate surface area is 170 Å². The summed E-state index contributed by atoms with van der Waals surface area (Å²) in [5.74, 6) is -0.602. The van der Waals surface area contributed by atoms with Crippen LogP contribution in [0.1, 0.15) is 0 Å². The van der Waals surface area contributed by atoms with E-state index in [9.17, 15) is 22.0 Å². The molecule has 0 bridgehead atoms. The Morgan fingerprint density at radius 3 is 2.53 bits per heavy atom. The largest absolute Gasteiger partial charge is 0.435 e. The van der Waals surface area contributed by atoms with E-state index >= 15 is 0 Å². The molecular formula is C17H17F2N5O5S. The summed E-state index contributed by atoms with van der Waals surface area (Å²) >= 11 is 0. The second-order valence-electron chi connectivity index (χ2n) is 6.12. The number of anilines is 1. The van der Waals surface area contributed by atoms with Crippen molar-refractivity contribution in [1.82, 2.24) is 19.5 Å². The maximum Gasteiger partial charge on any atom is 0.387 e. The molecule has 1 heterocycles. The minimum Gasteiger partial charge on any atom is -0.435 e. The highest BCUT2D eigenvalue weighted by molar-refractivity contribution is 7.89. The molecule has 2 aromatic carbocycles. The van der Waals surface area contributed by atoms with Gasteiger partial charge in [-0.1, -0.05) is 4.85 Å². The molecule has 0 aliphatic carbocycles. The van der Waals surface area contributed by atoms with Gasteiger partial charge in [-0.2, -0.15) is 8.78 Å². The maximum absolute atomic E-state index is 12.3. The molecule has 3 aromatic rings. The van der Waals surface area contributed by atoms with E-state index in [1.807, 2.05) is 0 Å². The molecule has 0 radical (unpaired) electrons. The molecule has 1 N–H and O–H groups in total. The molecule has 10 nitrogen and oxygen atoms in total. The molecule has 0 saturated carbocycles. The Kier molecular flexibility index (Phi) is 6.12. The molecule has 0 fully saturated rings. The summed E-state index contributed by atoms with van der Waals surface area (Å²) in [5, 5.41) is 10.1. The van der Waals surface area contributed by atoms with E-state index in [-0.39, 0.29) is 16.2 Å². The van der Waals surface area contributed by atoms with Crippen molar-refractivity contribution in [3.05, 3.63) is 42.5 Å². The van der Waals surface area contributed by atoms with Crippen molar-refractivity contribution >= 4 is 32.7 Å². The van der Waals surface area contributed by atoms with Crippen LogP contribution in [0.5, 0.6) is 5.75 Å². The van der Waals surface area contributed by atoms with E-state index < -0.39 is 29.1 Å². The normalized spacial score (nSPS) is 11.8. The smallest absolute Gasteiger partial charge is 0.387 e. The minimum atomic E-state index is -3.67. The van der Waals surface area contributed by atoms with Crippen LogP contribution in [0.25, 0.3) is 11.0 Å². The topological polar surface area (TPSA) is 116 Å². The molecule has 0 saturated heterocycles. The highest BCUT2D eigenvalue weighted by Crippen LogP contribution is 2.19. The molecule has 0 atom stereocenters. The summed E-state index contributed by atoms with van der Waals surface area (Å²) in [6.07, 6.45) is 0. The van der Waals surface area contributed by atoms with Crippen molar-refractivity contribution in [3.63, 3.8) is 0 Å². The molecule has 1 aromatic heterocycles. The summed E-state index contributed by atoms with van der Waals surface area (Å²) < 4.78 is 54.1. The van der Waals surface area contributed by atoms with Gasteiger partial charge in [0, 0.05) is 19.8 Å². The Hall–Kier alpha value is -3.32. The van der Waals surface area contributed by atoms with Crippen molar-refractivity contribution in [1.29, 1.82) is 0 Å². The third kappa shape index (κ3) is 4.80. The van der Waals surface area contributed by atoms with Crippen LogP contribution >= 0.6 is 0 Å². The number of hydrogen-bond acceptors (Lipinski definition) is 7. The van der Waals surface area contributed by atoms with E-state index in [2.05, 4.69) is 20.4 Å². The number of amides is 1. The van der Waals surface area contributed by atoms with Crippen molar-refractivity contribution in [3.8, 4) is 5.75 Å². The Balaban J connectivity index is 1.67. The fourth-order valence-electron chi connectivity index (χ4n) is 2.38. The maximum atomic E-state index is 12.3. The molecular weight excluding hydrogens is 424 g/mol. The highest BCUT2D eigenvalue weighted by atomic mass is 32.2. The van der Waals surface area contributed by atoms with Gasteiger partial charge in [-0.15, -0.1) is 5.10 Å². The Morgan fingerprint density at radius 2 is 1.90 bits per heavy atom. The zero-order chi connectivity index (χ0) is 21.9. The van der Waals surface area contributed by atoms with Gasteiger partial charge in [-0.05, 0) is 47.7 Å². The predicted octanol–water partition coefficient (Wildman–Crippen LogP) is 1.35. The number of halogens is 2. The Bertz CT molecular complexity index is 1150. The van der Waals surface area contributed by atoms with Gasteiger partial charge in [-0.25, -0.2) is 12.7 Å². The second-order valence-corrected chi connectivity index (χ2v) is 8.28. The number of ether oxygens (including phenoxy) is 1. The number of carbonyl (C=O) groups excluding carboxylic acids is 1. The summed E-state index contributed by atoms with van der Waals surface area (Å²) in [6.45, 7) is -3.40. The van der Waals surface area contributed by atoms with Crippen LogP contribution in [0, 0.1) is 0 Å². The molecule has 13 heteroatoms. The van der Waals surface area contributed by atoms with Crippen molar-refractivity contribution in [2.75, 3.05) is 26.0 Å². The number of nitrogens with zero attached hydrogens (tertiary/aromatic N) is 4. The van der Waals surface area contributed by atoms with Crippen LogP contribution in [0.4, 0.5) is 14.5 Å². The number of rotatable bonds is 8. The molecule has 0 spiro atoms. The van der Waals surface area contributed by atoms with E-state index in [0.717, 1.165) is 9.15 Å². The summed E-state index contributed by atoms with van der Waals surface area (Å²) in [4.78, 5) is 18.3. The number of nitrogens with one attached hydrogen (secondary N) is 1. The number of alkyl halides is 2. The standard InChI is InChI=1S/C17H17F2N5O5S/c1-23(2)30(26,27)13-7-8-14-15(9-13)24(22-21-14)28-10-16(25)20-11-3-5-12(6-4-11)29-17(18)19/h3-9,17H,10H2,1-2H3,(H,20,25). The van der Waals surface area contributed by atoms with E-state index in [0.29, 0.717) is 11.2 Å². The van der Waals surface area contributed by atoms with Crippen LogP contribution in [-0.4, -0.2) is 61.1 Å². The van der Waals surface area contributed by atoms with Gasteiger partial charge in [0.15, 0.2) is 6.61 Å². The van der Waals surface area contributed by atoms with Crippen LogP contribution in [0.3, 0.4) is 0 Å². The first-order valence-electron chi connectivity index (χ1n) is 8.43. The Morgan fingerprint density at radius 1 is 1.20 bits per heavy atom. The minimum absolute atomic E-state index is 0.0164. The van der Waals surface area contributed by atoms with Crippen LogP contribution in [0.2, 0.25) is 0 Å². The third-order valence-corrected chi connectivity index (χ3v) is 5.66. The SMILES string of the molecule is CN(C)S(=O)(=O)c1ccc2nnn(OCC(=O)Nc3ccc(OC(F)F)cc3)c2c1. The van der Waals surface area contributed by atoms with Crippen LogP contribution in [-0.2, 0) is 14.8 Å². The number of aromatic nitrogens is 3. The number of hydrogen-bond donors (Lipinski definition) is 1. The summed E-state index contributed by atoms with van der Waals surface area (Å²) in [5.41, 5.74) is 0.981. The van der Waals surface area contributed by atoms with E-state index in [1.165, 1.54) is 56.6 Å². The first-order valence-corrected chi connectivity index (χ1v) is 9.87. The van der Waals surface area contributed by atoms with Crippen molar-refractivity contribution in [2.45, 2.75) is 11.5 Å². The van der Waals surface area contributed by atoms with Gasteiger partial charge in [0.1, 0.15) is 16.8 Å². The number of carbonyl (C=O) groups is 1. The van der Waals surface area contributed by atoms with Crippen LogP contribution < -0.4 is 14.9 Å². The van der Waals surface area contributed by atoms with Gasteiger partial charge in [0.05, 0.1) is 4.90 Å². The lowest BCUT2D eigenvalue weighted by atomic mass is 10.3. The lowest BCUT2D eigenvalue weighted by Crippen LogP contribution is -2.26. The van der Waals surface area contributed by atoms with E-state index in [1.54, 1.807) is 0 Å². The molecule has 0 aliphatic rings. The fraction of sp³-hybridized carbons (Fsp3) is 0.235. The first-order chi connectivity index (χ1) is 14.2. The second kappa shape index (κ2) is 8.59. The monoisotopic (exact) mass is 441 g/mol. The average molecular weight is 441 g/mol. The first kappa shape index (κ1) is 21.4. The van der Waals surface area contributed by atoms with Gasteiger partial charge in [-0.3, -0.25) is 4.79 Å².